The highest BCUT2D eigenvalue weighted by molar-refractivity contribution is 6.06. The smallest absolute Gasteiger partial charge is 0.251 e. The molecule has 2 rings (SSSR count). The topological polar surface area (TPSA) is 38.3 Å². The number of nitrogens with one attached hydrogen (secondary N) is 1. The third-order valence-corrected chi connectivity index (χ3v) is 2.87. The van der Waals surface area contributed by atoms with Crippen LogP contribution >= 0.6 is 0 Å². The van der Waals surface area contributed by atoms with Gasteiger partial charge in [0, 0.05) is 17.3 Å². The average molecular weight is 267 g/mol. The van der Waals surface area contributed by atoms with Crippen LogP contribution in [-0.4, -0.2) is 13.0 Å². The summed E-state index contributed by atoms with van der Waals surface area (Å²) in [7, 11) is 1.60. The van der Waals surface area contributed by atoms with Gasteiger partial charge in [0.05, 0.1) is 7.11 Å². The predicted molar refractivity (Wildman–Crippen MR) is 81.7 cm³/mol. The van der Waals surface area contributed by atoms with Crippen LogP contribution in [0.25, 0.3) is 6.08 Å². The SMILES string of the molecule is COc1cccc(NC(=O)/C(C)=C\c2ccccc2)c1. The van der Waals surface area contributed by atoms with Crippen molar-refractivity contribution in [2.75, 3.05) is 12.4 Å². The number of rotatable bonds is 4. The van der Waals surface area contributed by atoms with E-state index in [0.29, 0.717) is 11.3 Å². The van der Waals surface area contributed by atoms with Crippen molar-refractivity contribution in [3.05, 3.63) is 65.7 Å². The van der Waals surface area contributed by atoms with E-state index >= 15 is 0 Å². The molecule has 0 atom stereocenters. The fourth-order valence-corrected chi connectivity index (χ4v) is 1.80. The van der Waals surface area contributed by atoms with Gasteiger partial charge in [-0.1, -0.05) is 36.4 Å². The summed E-state index contributed by atoms with van der Waals surface area (Å²) in [6.07, 6.45) is 1.86. The van der Waals surface area contributed by atoms with Crippen LogP contribution < -0.4 is 10.1 Å². The molecule has 0 unspecified atom stereocenters. The van der Waals surface area contributed by atoms with E-state index in [1.165, 1.54) is 0 Å². The summed E-state index contributed by atoms with van der Waals surface area (Å²) in [4.78, 5) is 12.1. The zero-order chi connectivity index (χ0) is 14.4. The molecule has 0 heterocycles. The molecule has 0 saturated carbocycles. The van der Waals surface area contributed by atoms with Crippen molar-refractivity contribution in [1.29, 1.82) is 0 Å². The quantitative estimate of drug-likeness (QED) is 0.857. The number of carbonyl (C=O) groups is 1. The highest BCUT2D eigenvalue weighted by Crippen LogP contribution is 2.17. The maximum atomic E-state index is 12.1. The van der Waals surface area contributed by atoms with E-state index in [2.05, 4.69) is 5.32 Å². The van der Waals surface area contributed by atoms with Gasteiger partial charge in [0.2, 0.25) is 0 Å². The molecule has 2 aromatic rings. The zero-order valence-electron chi connectivity index (χ0n) is 11.6. The number of benzene rings is 2. The monoisotopic (exact) mass is 267 g/mol. The summed E-state index contributed by atoms with van der Waals surface area (Å²) in [6, 6.07) is 17.0. The summed E-state index contributed by atoms with van der Waals surface area (Å²) in [5, 5.41) is 2.85. The van der Waals surface area contributed by atoms with Crippen LogP contribution in [-0.2, 0) is 4.79 Å². The highest BCUT2D eigenvalue weighted by Gasteiger charge is 2.05. The van der Waals surface area contributed by atoms with Gasteiger partial charge in [-0.25, -0.2) is 0 Å². The van der Waals surface area contributed by atoms with Gasteiger partial charge >= 0.3 is 0 Å². The maximum Gasteiger partial charge on any atom is 0.251 e. The lowest BCUT2D eigenvalue weighted by Crippen LogP contribution is -2.12. The summed E-state index contributed by atoms with van der Waals surface area (Å²) in [6.45, 7) is 1.79. The minimum Gasteiger partial charge on any atom is -0.497 e. The lowest BCUT2D eigenvalue weighted by Gasteiger charge is -2.07. The Balaban J connectivity index is 2.09. The van der Waals surface area contributed by atoms with Gasteiger partial charge in [-0.05, 0) is 30.7 Å². The van der Waals surface area contributed by atoms with E-state index in [1.807, 2.05) is 54.6 Å². The Morgan fingerprint density at radius 3 is 2.55 bits per heavy atom. The van der Waals surface area contributed by atoms with Crippen molar-refractivity contribution >= 4 is 17.7 Å². The molecule has 3 nitrogen and oxygen atoms in total. The molecule has 3 heteroatoms. The minimum absolute atomic E-state index is 0.123. The first kappa shape index (κ1) is 13.9. The van der Waals surface area contributed by atoms with Gasteiger partial charge in [-0.15, -0.1) is 0 Å². The van der Waals surface area contributed by atoms with E-state index in [9.17, 15) is 4.79 Å². The van der Waals surface area contributed by atoms with E-state index in [-0.39, 0.29) is 5.91 Å². The number of carbonyl (C=O) groups excluding carboxylic acids is 1. The zero-order valence-corrected chi connectivity index (χ0v) is 11.6. The number of hydrogen-bond acceptors (Lipinski definition) is 2. The van der Waals surface area contributed by atoms with Gasteiger partial charge in [0.25, 0.3) is 5.91 Å². The van der Waals surface area contributed by atoms with Crippen molar-refractivity contribution in [3.8, 4) is 5.75 Å². The van der Waals surface area contributed by atoms with E-state index in [0.717, 1.165) is 11.3 Å². The Morgan fingerprint density at radius 1 is 1.10 bits per heavy atom. The van der Waals surface area contributed by atoms with Crippen molar-refractivity contribution in [2.45, 2.75) is 6.92 Å². The summed E-state index contributed by atoms with van der Waals surface area (Å²) < 4.78 is 5.13. The fourth-order valence-electron chi connectivity index (χ4n) is 1.80. The fraction of sp³-hybridized carbons (Fsp3) is 0.118. The number of amides is 1. The molecule has 0 saturated heterocycles. The summed E-state index contributed by atoms with van der Waals surface area (Å²) >= 11 is 0. The van der Waals surface area contributed by atoms with Crippen LogP contribution in [0.15, 0.2) is 60.2 Å². The molecule has 1 amide bonds. The number of methoxy groups -OCH3 is 1. The van der Waals surface area contributed by atoms with Crippen molar-refractivity contribution in [2.24, 2.45) is 0 Å². The lowest BCUT2D eigenvalue weighted by atomic mass is 10.1. The van der Waals surface area contributed by atoms with Gasteiger partial charge in [0.1, 0.15) is 5.75 Å². The van der Waals surface area contributed by atoms with Crippen LogP contribution in [0.2, 0.25) is 0 Å². The van der Waals surface area contributed by atoms with E-state index < -0.39 is 0 Å². The second-order valence-electron chi connectivity index (χ2n) is 4.42. The third-order valence-electron chi connectivity index (χ3n) is 2.87. The standard InChI is InChI=1S/C17H17NO2/c1-13(11-14-7-4-3-5-8-14)17(19)18-15-9-6-10-16(12-15)20-2/h3-12H,1-2H3,(H,18,19)/b13-11-. The minimum atomic E-state index is -0.123. The van der Waals surface area contributed by atoms with Crippen molar-refractivity contribution < 1.29 is 9.53 Å². The molecule has 0 radical (unpaired) electrons. The molecule has 0 aliphatic heterocycles. The van der Waals surface area contributed by atoms with Crippen LogP contribution in [0, 0.1) is 0 Å². The van der Waals surface area contributed by atoms with E-state index in [4.69, 9.17) is 4.74 Å². The summed E-state index contributed by atoms with van der Waals surface area (Å²) in [5.41, 5.74) is 2.37. The molecule has 0 spiro atoms. The molecule has 0 aliphatic rings. The number of ether oxygens (including phenoxy) is 1. The summed E-state index contributed by atoms with van der Waals surface area (Å²) in [5.74, 6) is 0.592. The predicted octanol–water partition coefficient (Wildman–Crippen LogP) is 3.74. The van der Waals surface area contributed by atoms with Gasteiger partial charge < -0.3 is 10.1 Å². The van der Waals surface area contributed by atoms with Crippen LogP contribution in [0.4, 0.5) is 5.69 Å². The van der Waals surface area contributed by atoms with Gasteiger partial charge in [0.15, 0.2) is 0 Å². The van der Waals surface area contributed by atoms with Gasteiger partial charge in [-0.2, -0.15) is 0 Å². The molecular formula is C17H17NO2. The molecule has 2 aromatic carbocycles. The third kappa shape index (κ3) is 3.72. The molecule has 0 aromatic heterocycles. The Kier molecular flexibility index (Phi) is 4.56. The van der Waals surface area contributed by atoms with Crippen molar-refractivity contribution in [1.82, 2.24) is 0 Å². The molecule has 1 N–H and O–H groups in total. The lowest BCUT2D eigenvalue weighted by molar-refractivity contribution is -0.112. The first-order valence-corrected chi connectivity index (χ1v) is 6.38. The Labute approximate surface area is 118 Å². The normalized spacial score (nSPS) is 11.0. The molecule has 102 valence electrons. The van der Waals surface area contributed by atoms with Crippen LogP contribution in [0.1, 0.15) is 12.5 Å². The van der Waals surface area contributed by atoms with Crippen LogP contribution in [0.5, 0.6) is 5.75 Å². The second kappa shape index (κ2) is 6.57. The van der Waals surface area contributed by atoms with Crippen LogP contribution in [0.3, 0.4) is 0 Å². The molecule has 0 fully saturated rings. The maximum absolute atomic E-state index is 12.1. The van der Waals surface area contributed by atoms with Crippen molar-refractivity contribution in [3.63, 3.8) is 0 Å². The van der Waals surface area contributed by atoms with Gasteiger partial charge in [-0.3, -0.25) is 4.79 Å². The Hall–Kier alpha value is -2.55. The second-order valence-corrected chi connectivity index (χ2v) is 4.42. The first-order chi connectivity index (χ1) is 9.69. The molecule has 0 bridgehead atoms. The highest BCUT2D eigenvalue weighted by atomic mass is 16.5. The number of anilines is 1. The average Bonchev–Trinajstić information content (AvgIpc) is 2.48. The Bertz CT molecular complexity index is 618. The molecule has 20 heavy (non-hydrogen) atoms. The van der Waals surface area contributed by atoms with E-state index in [1.54, 1.807) is 20.1 Å². The largest absolute Gasteiger partial charge is 0.497 e. The number of hydrogen-bond donors (Lipinski definition) is 1. The first-order valence-electron chi connectivity index (χ1n) is 6.38. The Morgan fingerprint density at radius 2 is 1.85 bits per heavy atom. The molecular weight excluding hydrogens is 250 g/mol. The molecule has 0 aliphatic carbocycles.